The third-order valence-corrected chi connectivity index (χ3v) is 3.37. The van der Waals surface area contributed by atoms with Crippen molar-refractivity contribution in [2.75, 3.05) is 24.6 Å². The molecule has 0 radical (unpaired) electrons. The number of carbonyl (C=O) groups is 1. The minimum atomic E-state index is -4.45. The summed E-state index contributed by atoms with van der Waals surface area (Å²) in [6.07, 6.45) is -4.45. The zero-order chi connectivity index (χ0) is 14.8. The van der Waals surface area contributed by atoms with Gasteiger partial charge in [0.25, 0.3) is 5.91 Å². The fourth-order valence-electron chi connectivity index (χ4n) is 1.40. The molecule has 0 aliphatic rings. The molecule has 0 unspecified atom stereocenters. The maximum absolute atomic E-state index is 12.5. The van der Waals surface area contributed by atoms with Crippen molar-refractivity contribution >= 4 is 28.2 Å². The number of nitrogens with one attached hydrogen (secondary N) is 1. The lowest BCUT2D eigenvalue weighted by Gasteiger charge is -2.27. The van der Waals surface area contributed by atoms with Crippen LogP contribution >= 0.6 is 11.3 Å². The van der Waals surface area contributed by atoms with Crippen LogP contribution in [-0.2, 0) is 0 Å². The number of nitrogen functional groups attached to an aromatic ring is 1. The number of rotatable bonds is 4. The van der Waals surface area contributed by atoms with Crippen molar-refractivity contribution in [3.63, 3.8) is 0 Å². The summed E-state index contributed by atoms with van der Waals surface area (Å²) in [5, 5.41) is 3.08. The molecule has 0 aliphatic heterocycles. The summed E-state index contributed by atoms with van der Waals surface area (Å²) < 4.78 is 37.4. The summed E-state index contributed by atoms with van der Waals surface area (Å²) in [7, 11) is 1.59. The standard InChI is InChI=1S/C10H15F3N4OS/c1-5(2)17(4-10(11,12)13)8(18)6-7(14)16-9(15-3)19-6/h5H,4,14H2,1-3H3,(H,15,16). The van der Waals surface area contributed by atoms with Gasteiger partial charge >= 0.3 is 6.18 Å². The highest BCUT2D eigenvalue weighted by atomic mass is 32.1. The molecule has 1 amide bonds. The second-order valence-electron chi connectivity index (χ2n) is 4.13. The van der Waals surface area contributed by atoms with E-state index in [0.29, 0.717) is 5.13 Å². The van der Waals surface area contributed by atoms with Crippen molar-refractivity contribution in [1.82, 2.24) is 9.88 Å². The van der Waals surface area contributed by atoms with Gasteiger partial charge in [-0.1, -0.05) is 11.3 Å². The van der Waals surface area contributed by atoms with Gasteiger partial charge in [-0.15, -0.1) is 0 Å². The van der Waals surface area contributed by atoms with Crippen LogP contribution < -0.4 is 11.1 Å². The largest absolute Gasteiger partial charge is 0.406 e. The quantitative estimate of drug-likeness (QED) is 0.893. The molecule has 0 aliphatic carbocycles. The van der Waals surface area contributed by atoms with E-state index < -0.39 is 24.7 Å². The predicted octanol–water partition coefficient (Wildman–Crippen LogP) is 2.18. The maximum Gasteiger partial charge on any atom is 0.406 e. The average molecular weight is 296 g/mol. The molecule has 108 valence electrons. The van der Waals surface area contributed by atoms with Crippen molar-refractivity contribution in [3.05, 3.63) is 4.88 Å². The van der Waals surface area contributed by atoms with Gasteiger partial charge in [0.05, 0.1) is 0 Å². The van der Waals surface area contributed by atoms with Crippen molar-refractivity contribution in [2.24, 2.45) is 0 Å². The number of halogens is 3. The Bertz CT molecular complexity index is 458. The Morgan fingerprint density at radius 3 is 2.47 bits per heavy atom. The van der Waals surface area contributed by atoms with Crippen LogP contribution in [0.3, 0.4) is 0 Å². The van der Waals surface area contributed by atoms with E-state index in [1.807, 2.05) is 0 Å². The van der Waals surface area contributed by atoms with Gasteiger partial charge in [-0.25, -0.2) is 4.98 Å². The van der Waals surface area contributed by atoms with Crippen LogP contribution in [0.5, 0.6) is 0 Å². The van der Waals surface area contributed by atoms with Gasteiger partial charge < -0.3 is 16.0 Å². The molecule has 9 heteroatoms. The van der Waals surface area contributed by atoms with E-state index in [0.717, 1.165) is 16.2 Å². The molecule has 1 aromatic rings. The topological polar surface area (TPSA) is 71.2 Å². The Morgan fingerprint density at radius 2 is 2.11 bits per heavy atom. The molecule has 0 saturated carbocycles. The number of thiazole rings is 1. The van der Waals surface area contributed by atoms with Crippen LogP contribution in [0.15, 0.2) is 0 Å². The SMILES string of the molecule is CNc1nc(N)c(C(=O)N(CC(F)(F)F)C(C)C)s1. The average Bonchev–Trinajstić information content (AvgIpc) is 2.65. The van der Waals surface area contributed by atoms with Crippen LogP contribution in [0.25, 0.3) is 0 Å². The number of nitrogens with zero attached hydrogens (tertiary/aromatic N) is 2. The van der Waals surface area contributed by atoms with Crippen LogP contribution in [0.4, 0.5) is 24.1 Å². The van der Waals surface area contributed by atoms with Gasteiger partial charge in [0.15, 0.2) is 5.13 Å². The molecule has 1 rings (SSSR count). The molecule has 0 atom stereocenters. The molecule has 5 nitrogen and oxygen atoms in total. The van der Waals surface area contributed by atoms with Crippen molar-refractivity contribution in [1.29, 1.82) is 0 Å². The van der Waals surface area contributed by atoms with E-state index in [-0.39, 0.29) is 10.7 Å². The molecule has 19 heavy (non-hydrogen) atoms. The number of alkyl halides is 3. The van der Waals surface area contributed by atoms with E-state index in [4.69, 9.17) is 5.73 Å². The van der Waals surface area contributed by atoms with Crippen LogP contribution in [0, 0.1) is 0 Å². The third kappa shape index (κ3) is 3.98. The smallest absolute Gasteiger partial charge is 0.382 e. The van der Waals surface area contributed by atoms with Gasteiger partial charge in [-0.3, -0.25) is 4.79 Å². The van der Waals surface area contributed by atoms with E-state index in [2.05, 4.69) is 10.3 Å². The molecule has 1 heterocycles. The Balaban J connectivity index is 3.02. The lowest BCUT2D eigenvalue weighted by atomic mass is 10.3. The first-order chi connectivity index (χ1) is 8.65. The van der Waals surface area contributed by atoms with Gasteiger partial charge in [-0.05, 0) is 13.8 Å². The molecule has 1 aromatic heterocycles. The van der Waals surface area contributed by atoms with E-state index >= 15 is 0 Å². The van der Waals surface area contributed by atoms with E-state index in [1.54, 1.807) is 7.05 Å². The molecule has 0 bridgehead atoms. The Labute approximate surface area is 112 Å². The van der Waals surface area contributed by atoms with E-state index in [9.17, 15) is 18.0 Å². The highest BCUT2D eigenvalue weighted by molar-refractivity contribution is 7.18. The lowest BCUT2D eigenvalue weighted by Crippen LogP contribution is -2.43. The number of hydrogen-bond acceptors (Lipinski definition) is 5. The monoisotopic (exact) mass is 296 g/mol. The fourth-order valence-corrected chi connectivity index (χ4v) is 2.20. The first-order valence-electron chi connectivity index (χ1n) is 5.47. The van der Waals surface area contributed by atoms with Gasteiger partial charge in [0.1, 0.15) is 17.2 Å². The first-order valence-corrected chi connectivity index (χ1v) is 6.29. The predicted molar refractivity (Wildman–Crippen MR) is 68.3 cm³/mol. The normalized spacial score (nSPS) is 11.7. The van der Waals surface area contributed by atoms with Gasteiger partial charge in [-0.2, -0.15) is 13.2 Å². The minimum Gasteiger partial charge on any atom is -0.382 e. The van der Waals surface area contributed by atoms with Crippen LogP contribution in [0.1, 0.15) is 23.5 Å². The van der Waals surface area contributed by atoms with Crippen molar-refractivity contribution in [3.8, 4) is 0 Å². The van der Waals surface area contributed by atoms with Crippen molar-refractivity contribution in [2.45, 2.75) is 26.1 Å². The zero-order valence-electron chi connectivity index (χ0n) is 10.7. The van der Waals surface area contributed by atoms with Crippen LogP contribution in [-0.4, -0.2) is 41.6 Å². The number of aromatic nitrogens is 1. The lowest BCUT2D eigenvalue weighted by molar-refractivity contribution is -0.143. The number of anilines is 2. The van der Waals surface area contributed by atoms with Crippen LogP contribution in [0.2, 0.25) is 0 Å². The summed E-state index contributed by atoms with van der Waals surface area (Å²) in [4.78, 5) is 16.7. The summed E-state index contributed by atoms with van der Waals surface area (Å²) in [5.41, 5.74) is 5.55. The molecular weight excluding hydrogens is 281 g/mol. The van der Waals surface area contributed by atoms with Gasteiger partial charge in [0.2, 0.25) is 0 Å². The highest BCUT2D eigenvalue weighted by Crippen LogP contribution is 2.28. The van der Waals surface area contributed by atoms with Crippen molar-refractivity contribution < 1.29 is 18.0 Å². The molecule has 3 N–H and O–H groups in total. The Hall–Kier alpha value is -1.51. The molecule has 0 fully saturated rings. The van der Waals surface area contributed by atoms with E-state index in [1.165, 1.54) is 13.8 Å². The molecular formula is C10H15F3N4OS. The number of nitrogens with two attached hydrogens (primary N) is 1. The second kappa shape index (κ2) is 5.64. The Morgan fingerprint density at radius 1 is 1.53 bits per heavy atom. The molecule has 0 spiro atoms. The summed E-state index contributed by atoms with van der Waals surface area (Å²) in [6, 6.07) is -0.589. The first kappa shape index (κ1) is 15.5. The second-order valence-corrected chi connectivity index (χ2v) is 5.12. The molecule has 0 saturated heterocycles. The summed E-state index contributed by atoms with van der Waals surface area (Å²) in [5.74, 6) is -0.823. The van der Waals surface area contributed by atoms with Gasteiger partial charge in [0, 0.05) is 13.1 Å². The third-order valence-electron chi connectivity index (χ3n) is 2.30. The minimum absolute atomic E-state index is 0.0160. The highest BCUT2D eigenvalue weighted by Gasteiger charge is 2.35. The Kier molecular flexibility index (Phi) is 4.61. The zero-order valence-corrected chi connectivity index (χ0v) is 11.5. The fraction of sp³-hybridized carbons (Fsp3) is 0.600. The molecule has 0 aromatic carbocycles. The number of carbonyl (C=O) groups excluding carboxylic acids is 1. The summed E-state index contributed by atoms with van der Waals surface area (Å²) in [6.45, 7) is 1.72. The number of hydrogen-bond donors (Lipinski definition) is 2. The number of amides is 1. The summed E-state index contributed by atoms with van der Waals surface area (Å²) >= 11 is 0.934. The maximum atomic E-state index is 12.5.